The Balaban J connectivity index is 1.26. The van der Waals surface area contributed by atoms with Gasteiger partial charge in [0.15, 0.2) is 0 Å². The van der Waals surface area contributed by atoms with Crippen molar-refractivity contribution >= 4 is 54.9 Å². The lowest BCUT2D eigenvalue weighted by Gasteiger charge is -2.43. The van der Waals surface area contributed by atoms with Gasteiger partial charge in [-0.1, -0.05) is 176 Å². The second-order valence-electron chi connectivity index (χ2n) is 12.8. The standard InChI is InChI=1S/C47H30S/c1-2-13-37(14-3-1)47(38-25-20-31(21-26-38)35-22-27-40-36(30-35)19-18-32-10-4-7-15-39(32)40)45-41-16-8-5-11-33(41)23-28-43(45)48-44-29-24-34-12-6-9-17-42(34)46(44)47/h1-30H. The molecular weight excluding hydrogens is 597 g/mol. The molecule has 0 aromatic heterocycles. The van der Waals surface area contributed by atoms with Crippen molar-refractivity contribution in [1.82, 2.24) is 0 Å². The van der Waals surface area contributed by atoms with Gasteiger partial charge in [0.1, 0.15) is 0 Å². The third kappa shape index (κ3) is 3.98. The molecule has 0 amide bonds. The van der Waals surface area contributed by atoms with E-state index >= 15 is 0 Å². The fourth-order valence-electron chi connectivity index (χ4n) is 8.23. The molecule has 0 saturated carbocycles. The molecule has 0 radical (unpaired) electrons. The molecule has 48 heavy (non-hydrogen) atoms. The maximum Gasteiger partial charge on any atom is 0.0735 e. The minimum absolute atomic E-state index is 0.528. The lowest BCUT2D eigenvalue weighted by molar-refractivity contribution is 0.718. The molecule has 0 unspecified atom stereocenters. The summed E-state index contributed by atoms with van der Waals surface area (Å²) in [5, 5.41) is 10.3. The van der Waals surface area contributed by atoms with E-state index in [-0.39, 0.29) is 0 Å². The molecule has 0 fully saturated rings. The van der Waals surface area contributed by atoms with Gasteiger partial charge < -0.3 is 0 Å². The fraction of sp³-hybridized carbons (Fsp3) is 0.0213. The quantitative estimate of drug-likeness (QED) is 0.176. The highest BCUT2D eigenvalue weighted by Gasteiger charge is 2.46. The van der Waals surface area contributed by atoms with Crippen molar-refractivity contribution in [3.63, 3.8) is 0 Å². The zero-order valence-corrected chi connectivity index (χ0v) is 27.0. The number of hydrogen-bond donors (Lipinski definition) is 0. The first-order valence-electron chi connectivity index (χ1n) is 16.6. The summed E-state index contributed by atoms with van der Waals surface area (Å²) in [5.74, 6) is 0. The Morgan fingerprint density at radius 1 is 0.312 bits per heavy atom. The molecule has 9 aromatic rings. The second-order valence-corrected chi connectivity index (χ2v) is 13.9. The highest BCUT2D eigenvalue weighted by atomic mass is 32.2. The molecule has 1 aliphatic heterocycles. The number of fused-ring (bicyclic) bond motifs is 9. The zero-order valence-electron chi connectivity index (χ0n) is 26.2. The molecule has 1 aliphatic rings. The van der Waals surface area contributed by atoms with Crippen LogP contribution in [-0.2, 0) is 5.41 Å². The number of rotatable bonds is 3. The van der Waals surface area contributed by atoms with Crippen LogP contribution < -0.4 is 0 Å². The minimum Gasteiger partial charge on any atom is -0.0894 e. The molecule has 0 bridgehead atoms. The van der Waals surface area contributed by atoms with Crippen molar-refractivity contribution in [2.75, 3.05) is 0 Å². The van der Waals surface area contributed by atoms with Gasteiger partial charge in [-0.25, -0.2) is 0 Å². The molecule has 0 saturated heterocycles. The third-order valence-corrected chi connectivity index (χ3v) is 11.5. The van der Waals surface area contributed by atoms with E-state index in [4.69, 9.17) is 0 Å². The Kier molecular flexibility index (Phi) is 6.13. The lowest BCUT2D eigenvalue weighted by Crippen LogP contribution is -2.34. The predicted molar refractivity (Wildman–Crippen MR) is 204 cm³/mol. The van der Waals surface area contributed by atoms with Crippen LogP contribution in [0.5, 0.6) is 0 Å². The minimum atomic E-state index is -0.528. The SMILES string of the molecule is c1ccc(C2(c3ccc(-c4ccc5c(ccc6ccccc65)c4)cc3)c3c(ccc4ccccc34)Sc3ccc4ccccc4c32)cc1. The summed E-state index contributed by atoms with van der Waals surface area (Å²) >= 11 is 1.91. The topological polar surface area (TPSA) is 0 Å². The Morgan fingerprint density at radius 2 is 0.771 bits per heavy atom. The van der Waals surface area contributed by atoms with E-state index in [1.54, 1.807) is 0 Å². The summed E-state index contributed by atoms with van der Waals surface area (Å²) in [7, 11) is 0. The lowest BCUT2D eigenvalue weighted by atomic mass is 9.62. The van der Waals surface area contributed by atoms with Gasteiger partial charge in [0.2, 0.25) is 0 Å². The molecule has 1 heteroatoms. The average molecular weight is 627 g/mol. The Labute approximate surface area is 284 Å². The molecule has 1 heterocycles. The van der Waals surface area contributed by atoms with Gasteiger partial charge in [0.05, 0.1) is 5.41 Å². The summed E-state index contributed by atoms with van der Waals surface area (Å²) in [6, 6.07) is 67.7. The Hall–Kier alpha value is -5.63. The highest BCUT2D eigenvalue weighted by molar-refractivity contribution is 7.99. The van der Waals surface area contributed by atoms with Crippen LogP contribution in [-0.4, -0.2) is 0 Å². The third-order valence-electron chi connectivity index (χ3n) is 10.4. The molecule has 0 nitrogen and oxygen atoms in total. The van der Waals surface area contributed by atoms with Crippen LogP contribution in [0, 0.1) is 0 Å². The molecule has 0 spiro atoms. The Morgan fingerprint density at radius 3 is 1.42 bits per heavy atom. The largest absolute Gasteiger partial charge is 0.0894 e. The van der Waals surface area contributed by atoms with Gasteiger partial charge in [-0.3, -0.25) is 0 Å². The molecule has 0 aliphatic carbocycles. The fourth-order valence-corrected chi connectivity index (χ4v) is 9.47. The van der Waals surface area contributed by atoms with Crippen LogP contribution >= 0.6 is 11.8 Å². The van der Waals surface area contributed by atoms with Crippen LogP contribution in [0.25, 0.3) is 54.2 Å². The number of benzene rings is 9. The van der Waals surface area contributed by atoms with Gasteiger partial charge >= 0.3 is 0 Å². The first-order valence-corrected chi connectivity index (χ1v) is 17.4. The summed E-state index contributed by atoms with van der Waals surface area (Å²) in [5.41, 5.74) is 7.22. The first-order chi connectivity index (χ1) is 23.8. The Bertz CT molecular complexity index is 2600. The van der Waals surface area contributed by atoms with E-state index in [9.17, 15) is 0 Å². The molecule has 10 rings (SSSR count). The zero-order chi connectivity index (χ0) is 31.7. The molecule has 224 valence electrons. The highest BCUT2D eigenvalue weighted by Crippen LogP contribution is 2.59. The molecular formula is C47H30S. The van der Waals surface area contributed by atoms with Crippen molar-refractivity contribution in [1.29, 1.82) is 0 Å². The smallest absolute Gasteiger partial charge is 0.0735 e. The van der Waals surface area contributed by atoms with Gasteiger partial charge in [-0.2, -0.15) is 0 Å². The van der Waals surface area contributed by atoms with E-state index in [2.05, 4.69) is 182 Å². The van der Waals surface area contributed by atoms with Crippen LogP contribution in [0.2, 0.25) is 0 Å². The van der Waals surface area contributed by atoms with E-state index in [0.29, 0.717) is 0 Å². The van der Waals surface area contributed by atoms with Gasteiger partial charge in [-0.15, -0.1) is 0 Å². The van der Waals surface area contributed by atoms with Crippen LogP contribution in [0.1, 0.15) is 22.3 Å². The van der Waals surface area contributed by atoms with Gasteiger partial charge in [-0.05, 0) is 94.7 Å². The predicted octanol–water partition coefficient (Wildman–Crippen LogP) is 12.8. The van der Waals surface area contributed by atoms with Gasteiger partial charge in [0.25, 0.3) is 0 Å². The number of hydrogen-bond acceptors (Lipinski definition) is 1. The van der Waals surface area contributed by atoms with Crippen molar-refractivity contribution in [3.05, 3.63) is 204 Å². The first kappa shape index (κ1) is 27.5. The summed E-state index contributed by atoms with van der Waals surface area (Å²) < 4.78 is 0. The van der Waals surface area contributed by atoms with Crippen molar-refractivity contribution in [2.24, 2.45) is 0 Å². The monoisotopic (exact) mass is 626 g/mol. The van der Waals surface area contributed by atoms with Gasteiger partial charge in [0, 0.05) is 9.79 Å². The maximum atomic E-state index is 2.39. The van der Waals surface area contributed by atoms with Crippen LogP contribution in [0.15, 0.2) is 192 Å². The van der Waals surface area contributed by atoms with Crippen molar-refractivity contribution < 1.29 is 0 Å². The van der Waals surface area contributed by atoms with Crippen LogP contribution in [0.3, 0.4) is 0 Å². The van der Waals surface area contributed by atoms with Crippen molar-refractivity contribution in [3.8, 4) is 11.1 Å². The summed E-state index contributed by atoms with van der Waals surface area (Å²) in [6.07, 6.45) is 0. The molecule has 0 N–H and O–H groups in total. The van der Waals surface area contributed by atoms with E-state index in [0.717, 1.165) is 0 Å². The molecule has 0 atom stereocenters. The average Bonchev–Trinajstić information content (AvgIpc) is 3.17. The van der Waals surface area contributed by atoms with E-state index < -0.39 is 5.41 Å². The van der Waals surface area contributed by atoms with Crippen molar-refractivity contribution in [2.45, 2.75) is 15.2 Å². The normalized spacial score (nSPS) is 13.5. The van der Waals surface area contributed by atoms with Crippen LogP contribution in [0.4, 0.5) is 0 Å². The van der Waals surface area contributed by atoms with E-state index in [1.807, 2.05) is 11.8 Å². The summed E-state index contributed by atoms with van der Waals surface area (Å²) in [4.78, 5) is 2.62. The maximum absolute atomic E-state index is 2.39. The second kappa shape index (κ2) is 10.7. The molecule has 9 aromatic carbocycles. The summed E-state index contributed by atoms with van der Waals surface area (Å²) in [6.45, 7) is 0. The van der Waals surface area contributed by atoms with E-state index in [1.165, 1.54) is 86.3 Å².